The Morgan fingerprint density at radius 1 is 1.53 bits per heavy atom. The van der Waals surface area contributed by atoms with Crippen LogP contribution in [0.25, 0.3) is 0 Å². The van der Waals surface area contributed by atoms with Crippen LogP contribution in [0.3, 0.4) is 0 Å². The maximum absolute atomic E-state index is 12.5. The average molecular weight is 282 g/mol. The number of amides is 1. The van der Waals surface area contributed by atoms with E-state index in [0.717, 1.165) is 38.2 Å². The van der Waals surface area contributed by atoms with E-state index in [9.17, 15) is 4.79 Å². The lowest BCUT2D eigenvalue weighted by Gasteiger charge is -2.30. The van der Waals surface area contributed by atoms with Gasteiger partial charge in [-0.1, -0.05) is 17.8 Å². The topological polar surface area (TPSA) is 58.1 Å². The van der Waals surface area contributed by atoms with Gasteiger partial charge < -0.3 is 10.2 Å². The van der Waals surface area contributed by atoms with E-state index in [0.29, 0.717) is 10.9 Å². The van der Waals surface area contributed by atoms with Crippen molar-refractivity contribution in [3.05, 3.63) is 10.6 Å². The normalized spacial score (nSPS) is 19.4. The summed E-state index contributed by atoms with van der Waals surface area (Å²) in [4.78, 5) is 15.2. The Kier molecular flexibility index (Phi) is 5.27. The first-order valence-corrected chi connectivity index (χ1v) is 7.81. The van der Waals surface area contributed by atoms with Crippen LogP contribution >= 0.6 is 11.5 Å². The Morgan fingerprint density at radius 3 is 2.95 bits per heavy atom. The van der Waals surface area contributed by atoms with Crippen LogP contribution in [0.5, 0.6) is 0 Å². The minimum atomic E-state index is 0.0849. The third-order valence-electron chi connectivity index (χ3n) is 3.48. The number of hydrogen-bond donors (Lipinski definition) is 1. The first kappa shape index (κ1) is 14.4. The van der Waals surface area contributed by atoms with Gasteiger partial charge in [0.15, 0.2) is 0 Å². The Labute approximate surface area is 118 Å². The summed E-state index contributed by atoms with van der Waals surface area (Å²) < 4.78 is 3.86. The zero-order valence-corrected chi connectivity index (χ0v) is 12.5. The average Bonchev–Trinajstić information content (AvgIpc) is 2.85. The van der Waals surface area contributed by atoms with Crippen LogP contribution in [-0.2, 0) is 0 Å². The monoisotopic (exact) mass is 282 g/mol. The van der Waals surface area contributed by atoms with Crippen LogP contribution in [0.4, 0.5) is 0 Å². The molecule has 0 aromatic carbocycles. The molecule has 0 saturated carbocycles. The highest BCUT2D eigenvalue weighted by molar-refractivity contribution is 7.07. The van der Waals surface area contributed by atoms with Crippen molar-refractivity contribution in [2.75, 3.05) is 19.6 Å². The zero-order chi connectivity index (χ0) is 13.7. The minimum absolute atomic E-state index is 0.0849. The second-order valence-corrected chi connectivity index (χ2v) is 5.84. The highest BCUT2D eigenvalue weighted by Crippen LogP contribution is 2.15. The Hall–Kier alpha value is -1.01. The van der Waals surface area contributed by atoms with Crippen molar-refractivity contribution >= 4 is 17.4 Å². The van der Waals surface area contributed by atoms with Crippen LogP contribution in [0, 0.1) is 6.92 Å². The van der Waals surface area contributed by atoms with Crippen molar-refractivity contribution in [2.45, 2.75) is 45.6 Å². The third kappa shape index (κ3) is 3.73. The smallest absolute Gasteiger partial charge is 0.267 e. The van der Waals surface area contributed by atoms with E-state index in [1.807, 2.05) is 11.8 Å². The van der Waals surface area contributed by atoms with E-state index < -0.39 is 0 Å². The van der Waals surface area contributed by atoms with Gasteiger partial charge >= 0.3 is 0 Å². The van der Waals surface area contributed by atoms with Crippen LogP contribution < -0.4 is 5.32 Å². The standard InChI is InChI=1S/C13H22N4OS/c1-3-8-17(9-11-6-4-5-7-14-11)13(18)12-10(2)15-16-19-12/h11,14H,3-9H2,1-2H3. The van der Waals surface area contributed by atoms with E-state index in [1.165, 1.54) is 24.4 Å². The molecule has 5 nitrogen and oxygen atoms in total. The lowest BCUT2D eigenvalue weighted by molar-refractivity contribution is 0.0735. The second-order valence-electron chi connectivity index (χ2n) is 5.09. The number of rotatable bonds is 5. The predicted octanol–water partition coefficient (Wildman–Crippen LogP) is 1.84. The molecule has 1 saturated heterocycles. The zero-order valence-electron chi connectivity index (χ0n) is 11.7. The van der Waals surface area contributed by atoms with Crippen molar-refractivity contribution in [3.63, 3.8) is 0 Å². The summed E-state index contributed by atoms with van der Waals surface area (Å²) in [5.41, 5.74) is 0.743. The maximum Gasteiger partial charge on any atom is 0.267 e. The number of carbonyl (C=O) groups excluding carboxylic acids is 1. The predicted molar refractivity (Wildman–Crippen MR) is 76.5 cm³/mol. The van der Waals surface area contributed by atoms with Crippen molar-refractivity contribution in [2.24, 2.45) is 0 Å². The molecule has 1 aliphatic heterocycles. The van der Waals surface area contributed by atoms with E-state index in [4.69, 9.17) is 0 Å². The van der Waals surface area contributed by atoms with E-state index in [1.54, 1.807) is 0 Å². The van der Waals surface area contributed by atoms with Crippen LogP contribution in [0.2, 0.25) is 0 Å². The van der Waals surface area contributed by atoms with Crippen LogP contribution in [-0.4, -0.2) is 46.1 Å². The Morgan fingerprint density at radius 2 is 2.37 bits per heavy atom. The number of carbonyl (C=O) groups is 1. The summed E-state index contributed by atoms with van der Waals surface area (Å²) in [7, 11) is 0. The lowest BCUT2D eigenvalue weighted by Crippen LogP contribution is -2.46. The van der Waals surface area contributed by atoms with Crippen molar-refractivity contribution in [1.29, 1.82) is 0 Å². The number of aryl methyl sites for hydroxylation is 1. The molecule has 1 N–H and O–H groups in total. The molecule has 19 heavy (non-hydrogen) atoms. The fraction of sp³-hybridized carbons (Fsp3) is 0.769. The van der Waals surface area contributed by atoms with Gasteiger partial charge in [0.25, 0.3) is 5.91 Å². The molecule has 0 spiro atoms. The van der Waals surface area contributed by atoms with Gasteiger partial charge in [-0.3, -0.25) is 4.79 Å². The number of piperidine rings is 1. The summed E-state index contributed by atoms with van der Waals surface area (Å²) in [6.07, 6.45) is 4.64. The summed E-state index contributed by atoms with van der Waals surface area (Å²) >= 11 is 1.20. The molecule has 1 amide bonds. The highest BCUT2D eigenvalue weighted by atomic mass is 32.1. The molecule has 1 aromatic rings. The number of nitrogens with zero attached hydrogens (tertiary/aromatic N) is 3. The van der Waals surface area contributed by atoms with Gasteiger partial charge in [0, 0.05) is 19.1 Å². The van der Waals surface area contributed by atoms with E-state index >= 15 is 0 Å². The fourth-order valence-electron chi connectivity index (χ4n) is 2.46. The van der Waals surface area contributed by atoms with Crippen LogP contribution in [0.15, 0.2) is 0 Å². The lowest BCUT2D eigenvalue weighted by atomic mass is 10.0. The minimum Gasteiger partial charge on any atom is -0.336 e. The van der Waals surface area contributed by atoms with Gasteiger partial charge in [-0.25, -0.2) is 0 Å². The van der Waals surface area contributed by atoms with Crippen molar-refractivity contribution in [3.8, 4) is 0 Å². The molecule has 6 heteroatoms. The van der Waals surface area contributed by atoms with E-state index in [2.05, 4.69) is 21.8 Å². The summed E-state index contributed by atoms with van der Waals surface area (Å²) in [5, 5.41) is 7.43. The van der Waals surface area contributed by atoms with E-state index in [-0.39, 0.29) is 5.91 Å². The molecule has 1 aliphatic rings. The van der Waals surface area contributed by atoms with Gasteiger partial charge in [0.2, 0.25) is 0 Å². The van der Waals surface area contributed by atoms with Gasteiger partial charge in [-0.05, 0) is 44.3 Å². The molecular formula is C13H22N4OS. The molecule has 2 heterocycles. The largest absolute Gasteiger partial charge is 0.336 e. The van der Waals surface area contributed by atoms with Crippen molar-refractivity contribution < 1.29 is 4.79 Å². The van der Waals surface area contributed by atoms with Crippen molar-refractivity contribution in [1.82, 2.24) is 19.8 Å². The van der Waals surface area contributed by atoms with Gasteiger partial charge in [-0.15, -0.1) is 5.10 Å². The molecule has 1 unspecified atom stereocenters. The quantitative estimate of drug-likeness (QED) is 0.895. The summed E-state index contributed by atoms with van der Waals surface area (Å²) in [6, 6.07) is 0.436. The maximum atomic E-state index is 12.5. The summed E-state index contributed by atoms with van der Waals surface area (Å²) in [6.45, 7) is 6.62. The first-order chi connectivity index (χ1) is 9.22. The number of nitrogens with one attached hydrogen (secondary N) is 1. The molecule has 0 bridgehead atoms. The first-order valence-electron chi connectivity index (χ1n) is 7.04. The molecule has 106 valence electrons. The molecular weight excluding hydrogens is 260 g/mol. The molecule has 0 aliphatic carbocycles. The molecule has 2 rings (SSSR count). The fourth-order valence-corrected chi connectivity index (χ4v) is 3.09. The van der Waals surface area contributed by atoms with Crippen LogP contribution in [0.1, 0.15) is 48.0 Å². The number of hydrogen-bond acceptors (Lipinski definition) is 5. The SMILES string of the molecule is CCCN(CC1CCCCN1)C(=O)c1snnc1C. The molecule has 1 atom stereocenters. The molecule has 1 aromatic heterocycles. The summed E-state index contributed by atoms with van der Waals surface area (Å²) in [5.74, 6) is 0.0849. The van der Waals surface area contributed by atoms with Gasteiger partial charge in [0.1, 0.15) is 4.88 Å². The molecule has 1 fully saturated rings. The Balaban J connectivity index is 2.02. The van der Waals surface area contributed by atoms with Gasteiger partial charge in [-0.2, -0.15) is 0 Å². The molecule has 0 radical (unpaired) electrons. The number of aromatic nitrogens is 2. The Bertz CT molecular complexity index is 415. The second kappa shape index (κ2) is 6.96. The highest BCUT2D eigenvalue weighted by Gasteiger charge is 2.23. The third-order valence-corrected chi connectivity index (χ3v) is 4.30. The van der Waals surface area contributed by atoms with Gasteiger partial charge in [0.05, 0.1) is 5.69 Å².